The second kappa shape index (κ2) is 5.92. The molecule has 0 atom stereocenters. The molecule has 0 saturated carbocycles. The molecule has 0 saturated heterocycles. The molecular weight excluding hydrogens is 259 g/mol. The smallest absolute Gasteiger partial charge is 0.389 e. The predicted molar refractivity (Wildman–Crippen MR) is 65.5 cm³/mol. The molecule has 0 aliphatic rings. The van der Waals surface area contributed by atoms with Crippen LogP contribution in [0.25, 0.3) is 0 Å². The molecule has 0 aliphatic carbocycles. The number of hydrogen-bond acceptors (Lipinski definition) is 3. The number of aromatic nitrogens is 2. The average molecular weight is 279 g/mol. The topological polar surface area (TPSA) is 41.3 Å². The maximum atomic E-state index is 12.4. The van der Waals surface area contributed by atoms with Gasteiger partial charge in [-0.2, -0.15) is 13.2 Å². The van der Waals surface area contributed by atoms with Crippen molar-refractivity contribution in [3.63, 3.8) is 0 Å². The van der Waals surface area contributed by atoms with Crippen molar-refractivity contribution in [1.82, 2.24) is 14.5 Å². The maximum Gasteiger partial charge on any atom is 0.406 e. The molecular formula is C12H20F3N3O. The minimum atomic E-state index is -4.26. The van der Waals surface area contributed by atoms with Crippen LogP contribution in [0.4, 0.5) is 13.2 Å². The fraction of sp³-hybridized carbons (Fsp3) is 0.750. The van der Waals surface area contributed by atoms with E-state index in [1.165, 1.54) is 12.4 Å². The van der Waals surface area contributed by atoms with Gasteiger partial charge in [-0.05, 0) is 20.4 Å². The average Bonchev–Trinajstić information content (AvgIpc) is 2.60. The molecule has 1 aromatic heterocycles. The zero-order valence-corrected chi connectivity index (χ0v) is 11.4. The summed E-state index contributed by atoms with van der Waals surface area (Å²) in [7, 11) is 0. The third-order valence-electron chi connectivity index (χ3n) is 2.57. The van der Waals surface area contributed by atoms with E-state index < -0.39 is 18.3 Å². The summed E-state index contributed by atoms with van der Waals surface area (Å²) in [5.74, 6) is 0.350. The van der Waals surface area contributed by atoms with Crippen LogP contribution >= 0.6 is 0 Å². The van der Waals surface area contributed by atoms with Crippen LogP contribution in [-0.4, -0.2) is 44.4 Å². The lowest BCUT2D eigenvalue weighted by atomic mass is 10.1. The second-order valence-electron chi connectivity index (χ2n) is 5.20. The van der Waals surface area contributed by atoms with Crippen molar-refractivity contribution in [2.45, 2.75) is 45.6 Å². The lowest BCUT2D eigenvalue weighted by Gasteiger charge is -2.27. The van der Waals surface area contributed by atoms with E-state index in [-0.39, 0.29) is 6.54 Å². The number of imidazole rings is 1. The summed E-state index contributed by atoms with van der Waals surface area (Å²) in [5, 5.41) is 9.75. The Balaban J connectivity index is 2.73. The quantitative estimate of drug-likeness (QED) is 0.866. The summed E-state index contributed by atoms with van der Waals surface area (Å²) in [6.07, 6.45) is -1.58. The number of likely N-dealkylation sites (N-methyl/N-ethyl adjacent to an activating group) is 1. The molecule has 7 heteroatoms. The standard InChI is InChI=1S/C12H20F3N3O/c1-4-17(8-11(2,3)19)7-10-16-5-6-18(10)9-12(13,14)15/h5-6,19H,4,7-9H2,1-3H3. The predicted octanol–water partition coefficient (Wildman–Crippen LogP) is 2.04. The van der Waals surface area contributed by atoms with E-state index in [4.69, 9.17) is 0 Å². The van der Waals surface area contributed by atoms with Crippen LogP contribution in [0.2, 0.25) is 0 Å². The molecule has 0 spiro atoms. The summed E-state index contributed by atoms with van der Waals surface area (Å²) < 4.78 is 38.3. The second-order valence-corrected chi connectivity index (χ2v) is 5.20. The summed E-state index contributed by atoms with van der Waals surface area (Å²) >= 11 is 0. The monoisotopic (exact) mass is 279 g/mol. The van der Waals surface area contributed by atoms with Gasteiger partial charge in [-0.1, -0.05) is 6.92 Å². The molecule has 0 amide bonds. The fourth-order valence-corrected chi connectivity index (χ4v) is 1.86. The first-order chi connectivity index (χ1) is 8.61. The van der Waals surface area contributed by atoms with Crippen molar-refractivity contribution >= 4 is 0 Å². The van der Waals surface area contributed by atoms with Crippen molar-refractivity contribution in [3.8, 4) is 0 Å². The highest BCUT2D eigenvalue weighted by atomic mass is 19.4. The van der Waals surface area contributed by atoms with Gasteiger partial charge in [-0.15, -0.1) is 0 Å². The summed E-state index contributed by atoms with van der Waals surface area (Å²) in [4.78, 5) is 5.81. The van der Waals surface area contributed by atoms with Crippen molar-refractivity contribution in [1.29, 1.82) is 0 Å². The lowest BCUT2D eigenvalue weighted by Crippen LogP contribution is -2.38. The molecule has 0 bridgehead atoms. The zero-order valence-electron chi connectivity index (χ0n) is 11.4. The first kappa shape index (κ1) is 16.0. The molecule has 0 fully saturated rings. The van der Waals surface area contributed by atoms with Crippen LogP contribution in [0.5, 0.6) is 0 Å². The molecule has 1 N–H and O–H groups in total. The maximum absolute atomic E-state index is 12.4. The summed E-state index contributed by atoms with van der Waals surface area (Å²) in [5.41, 5.74) is -0.891. The number of halogens is 3. The third-order valence-corrected chi connectivity index (χ3v) is 2.57. The van der Waals surface area contributed by atoms with Gasteiger partial charge in [-0.25, -0.2) is 4.98 Å². The first-order valence-electron chi connectivity index (χ1n) is 6.12. The molecule has 0 unspecified atom stereocenters. The Morgan fingerprint density at radius 1 is 1.37 bits per heavy atom. The van der Waals surface area contributed by atoms with Gasteiger partial charge in [0.05, 0.1) is 12.1 Å². The van der Waals surface area contributed by atoms with Crippen molar-refractivity contribution < 1.29 is 18.3 Å². The van der Waals surface area contributed by atoms with Crippen LogP contribution in [0, 0.1) is 0 Å². The Kier molecular flexibility index (Phi) is 4.98. The van der Waals surface area contributed by atoms with E-state index in [0.717, 1.165) is 4.57 Å². The summed E-state index contributed by atoms with van der Waals surface area (Å²) in [6.45, 7) is 5.47. The zero-order chi connectivity index (χ0) is 14.7. The Labute approximate surface area is 110 Å². The number of nitrogens with zero attached hydrogens (tertiary/aromatic N) is 3. The molecule has 4 nitrogen and oxygen atoms in total. The van der Waals surface area contributed by atoms with Gasteiger partial charge in [0.1, 0.15) is 12.4 Å². The van der Waals surface area contributed by atoms with Crippen molar-refractivity contribution in [3.05, 3.63) is 18.2 Å². The molecule has 1 aromatic rings. The fourth-order valence-electron chi connectivity index (χ4n) is 1.86. The van der Waals surface area contributed by atoms with Crippen molar-refractivity contribution in [2.75, 3.05) is 13.1 Å². The Morgan fingerprint density at radius 3 is 2.47 bits per heavy atom. The Bertz CT molecular complexity index is 396. The van der Waals surface area contributed by atoms with Gasteiger partial charge in [-0.3, -0.25) is 4.90 Å². The molecule has 1 rings (SSSR count). The molecule has 0 radical (unpaired) electrons. The Hall–Kier alpha value is -1.08. The van der Waals surface area contributed by atoms with E-state index in [1.54, 1.807) is 13.8 Å². The largest absolute Gasteiger partial charge is 0.406 e. The van der Waals surface area contributed by atoms with Crippen LogP contribution in [0.15, 0.2) is 12.4 Å². The highest BCUT2D eigenvalue weighted by Gasteiger charge is 2.29. The van der Waals surface area contributed by atoms with Crippen LogP contribution in [-0.2, 0) is 13.1 Å². The molecule has 110 valence electrons. The first-order valence-corrected chi connectivity index (χ1v) is 6.12. The van der Waals surface area contributed by atoms with Crippen LogP contribution in [0.3, 0.4) is 0 Å². The van der Waals surface area contributed by atoms with E-state index in [1.807, 2.05) is 11.8 Å². The SMILES string of the molecule is CCN(Cc1nccn1CC(F)(F)F)CC(C)(C)O. The van der Waals surface area contributed by atoms with E-state index in [2.05, 4.69) is 4.98 Å². The van der Waals surface area contributed by atoms with Gasteiger partial charge >= 0.3 is 6.18 Å². The Morgan fingerprint density at radius 2 is 2.00 bits per heavy atom. The van der Waals surface area contributed by atoms with Gasteiger partial charge in [0.15, 0.2) is 0 Å². The van der Waals surface area contributed by atoms with Gasteiger partial charge in [0, 0.05) is 18.9 Å². The highest BCUT2D eigenvalue weighted by Crippen LogP contribution is 2.19. The highest BCUT2D eigenvalue weighted by molar-refractivity contribution is 4.93. The van der Waals surface area contributed by atoms with Gasteiger partial charge in [0.2, 0.25) is 0 Å². The number of aliphatic hydroxyl groups is 1. The van der Waals surface area contributed by atoms with E-state index >= 15 is 0 Å². The molecule has 19 heavy (non-hydrogen) atoms. The number of hydrogen-bond donors (Lipinski definition) is 1. The molecule has 0 aliphatic heterocycles. The van der Waals surface area contributed by atoms with E-state index in [0.29, 0.717) is 18.9 Å². The third kappa shape index (κ3) is 6.07. The van der Waals surface area contributed by atoms with Crippen LogP contribution < -0.4 is 0 Å². The summed E-state index contributed by atoms with van der Waals surface area (Å²) in [6, 6.07) is 0. The lowest BCUT2D eigenvalue weighted by molar-refractivity contribution is -0.141. The molecule has 0 aromatic carbocycles. The number of rotatable bonds is 6. The minimum Gasteiger partial charge on any atom is -0.389 e. The van der Waals surface area contributed by atoms with Crippen LogP contribution in [0.1, 0.15) is 26.6 Å². The van der Waals surface area contributed by atoms with Crippen molar-refractivity contribution in [2.24, 2.45) is 0 Å². The minimum absolute atomic E-state index is 0.281. The van der Waals surface area contributed by atoms with Gasteiger partial charge in [0.25, 0.3) is 0 Å². The van der Waals surface area contributed by atoms with Gasteiger partial charge < -0.3 is 9.67 Å². The molecule has 1 heterocycles. The number of alkyl halides is 3. The van der Waals surface area contributed by atoms with E-state index in [9.17, 15) is 18.3 Å². The normalized spacial score (nSPS) is 13.3.